The molecular formula is C26H29ClN2O3. The summed E-state index contributed by atoms with van der Waals surface area (Å²) >= 11 is 6.38. The number of hydrogen-bond acceptors (Lipinski definition) is 3. The highest BCUT2D eigenvalue weighted by Gasteiger charge is 2.58. The Bertz CT molecular complexity index is 1050. The van der Waals surface area contributed by atoms with E-state index in [4.69, 9.17) is 16.3 Å². The lowest BCUT2D eigenvalue weighted by Gasteiger charge is -2.39. The van der Waals surface area contributed by atoms with Crippen LogP contribution in [0.1, 0.15) is 67.2 Å². The van der Waals surface area contributed by atoms with E-state index in [2.05, 4.69) is 36.5 Å². The molecule has 168 valence electrons. The fraction of sp³-hybridized carbons (Fsp3) is 0.462. The molecule has 0 unspecified atom stereocenters. The van der Waals surface area contributed by atoms with Gasteiger partial charge in [0.15, 0.2) is 0 Å². The van der Waals surface area contributed by atoms with Gasteiger partial charge in [0.1, 0.15) is 5.41 Å². The molecule has 5 nitrogen and oxygen atoms in total. The molecule has 2 aromatic rings. The number of ether oxygens (including phenoxy) is 1. The smallest absolute Gasteiger partial charge is 0.407 e. The Hall–Kier alpha value is -2.53. The zero-order chi connectivity index (χ0) is 22.3. The van der Waals surface area contributed by atoms with Crippen LogP contribution in [0, 0.1) is 0 Å². The zero-order valence-electron chi connectivity index (χ0n) is 18.4. The van der Waals surface area contributed by atoms with Gasteiger partial charge < -0.3 is 15.0 Å². The van der Waals surface area contributed by atoms with Crippen molar-refractivity contribution in [3.05, 3.63) is 69.7 Å². The minimum absolute atomic E-state index is 0.0413. The molecule has 5 rings (SSSR count). The third kappa shape index (κ3) is 3.38. The molecule has 32 heavy (non-hydrogen) atoms. The van der Waals surface area contributed by atoms with Crippen LogP contribution < -0.4 is 5.32 Å². The van der Waals surface area contributed by atoms with Crippen molar-refractivity contribution in [3.63, 3.8) is 0 Å². The molecule has 3 aliphatic rings. The van der Waals surface area contributed by atoms with Crippen molar-refractivity contribution in [2.45, 2.75) is 56.4 Å². The maximum absolute atomic E-state index is 14.1. The maximum atomic E-state index is 14.1. The van der Waals surface area contributed by atoms with E-state index in [0.29, 0.717) is 24.7 Å². The number of benzene rings is 2. The number of fused-ring (bicyclic) bond motifs is 8. The standard InChI is InChI=1S/C26H29ClN2O3/c1-2-3-14-32-25(31)28-18-10-12-29(13-11-18)24(30)26-16-21(19-6-4-5-7-22(19)26)20-9-8-17(27)15-23(20)26/h4-9,15,18,21H,2-3,10-14,16H2,1H3,(H,28,31)/t21-,26-/m1/s1. The summed E-state index contributed by atoms with van der Waals surface area (Å²) in [6.45, 7) is 3.77. The van der Waals surface area contributed by atoms with E-state index in [1.807, 2.05) is 23.1 Å². The number of halogens is 1. The van der Waals surface area contributed by atoms with Crippen molar-refractivity contribution in [1.82, 2.24) is 10.2 Å². The molecule has 2 aliphatic carbocycles. The van der Waals surface area contributed by atoms with E-state index >= 15 is 0 Å². The molecule has 1 heterocycles. The molecule has 2 bridgehead atoms. The monoisotopic (exact) mass is 452 g/mol. The Morgan fingerprint density at radius 3 is 2.66 bits per heavy atom. The van der Waals surface area contributed by atoms with Gasteiger partial charge in [0.05, 0.1) is 6.61 Å². The fourth-order valence-electron chi connectivity index (χ4n) is 5.78. The van der Waals surface area contributed by atoms with Gasteiger partial charge in [-0.3, -0.25) is 4.79 Å². The molecule has 0 saturated carbocycles. The van der Waals surface area contributed by atoms with Gasteiger partial charge in [-0.05, 0) is 60.1 Å². The van der Waals surface area contributed by atoms with E-state index in [0.717, 1.165) is 43.2 Å². The number of nitrogens with one attached hydrogen (secondary N) is 1. The van der Waals surface area contributed by atoms with Crippen LogP contribution in [-0.4, -0.2) is 42.6 Å². The van der Waals surface area contributed by atoms with Crippen molar-refractivity contribution in [2.24, 2.45) is 0 Å². The number of likely N-dealkylation sites (tertiary alicyclic amines) is 1. The number of hydrogen-bond donors (Lipinski definition) is 1. The van der Waals surface area contributed by atoms with E-state index in [-0.39, 0.29) is 24.0 Å². The molecule has 1 saturated heterocycles. The number of unbranched alkanes of at least 4 members (excludes halogenated alkanes) is 1. The first-order chi connectivity index (χ1) is 15.5. The van der Waals surface area contributed by atoms with Crippen molar-refractivity contribution in [2.75, 3.05) is 19.7 Å². The Kier molecular flexibility index (Phi) is 5.62. The number of alkyl carbamates (subject to hydrolysis) is 1. The second-order valence-electron chi connectivity index (χ2n) is 9.18. The van der Waals surface area contributed by atoms with Crippen LogP contribution in [0.5, 0.6) is 0 Å². The molecule has 0 aromatic heterocycles. The first kappa shape index (κ1) is 21.3. The summed E-state index contributed by atoms with van der Waals surface area (Å²) in [5, 5.41) is 3.63. The fourth-order valence-corrected chi connectivity index (χ4v) is 5.95. The predicted molar refractivity (Wildman–Crippen MR) is 124 cm³/mol. The van der Waals surface area contributed by atoms with Crippen LogP contribution in [0.15, 0.2) is 42.5 Å². The minimum atomic E-state index is -0.652. The van der Waals surface area contributed by atoms with Crippen molar-refractivity contribution < 1.29 is 14.3 Å². The summed E-state index contributed by atoms with van der Waals surface area (Å²) in [5.74, 6) is 0.414. The second-order valence-corrected chi connectivity index (χ2v) is 9.62. The second kappa shape index (κ2) is 8.43. The Balaban J connectivity index is 1.34. The highest BCUT2D eigenvalue weighted by atomic mass is 35.5. The van der Waals surface area contributed by atoms with Gasteiger partial charge >= 0.3 is 6.09 Å². The van der Waals surface area contributed by atoms with Gasteiger partial charge in [-0.15, -0.1) is 0 Å². The van der Waals surface area contributed by atoms with Gasteiger partial charge in [-0.25, -0.2) is 4.79 Å². The highest BCUT2D eigenvalue weighted by molar-refractivity contribution is 6.30. The van der Waals surface area contributed by atoms with Crippen LogP contribution in [0.25, 0.3) is 0 Å². The Morgan fingerprint density at radius 1 is 1.12 bits per heavy atom. The first-order valence-corrected chi connectivity index (χ1v) is 12.0. The van der Waals surface area contributed by atoms with Crippen molar-refractivity contribution >= 4 is 23.6 Å². The van der Waals surface area contributed by atoms with Gasteiger partial charge in [0.2, 0.25) is 5.91 Å². The number of nitrogens with zero attached hydrogens (tertiary/aromatic N) is 1. The van der Waals surface area contributed by atoms with Gasteiger partial charge in [-0.1, -0.05) is 55.3 Å². The van der Waals surface area contributed by atoms with Gasteiger partial charge in [0.25, 0.3) is 0 Å². The van der Waals surface area contributed by atoms with Crippen LogP contribution >= 0.6 is 11.6 Å². The lowest BCUT2D eigenvalue weighted by Crippen LogP contribution is -2.52. The largest absolute Gasteiger partial charge is 0.450 e. The summed E-state index contributed by atoms with van der Waals surface area (Å²) in [6, 6.07) is 14.4. The minimum Gasteiger partial charge on any atom is -0.450 e. The highest BCUT2D eigenvalue weighted by Crippen LogP contribution is 2.61. The number of rotatable bonds is 5. The van der Waals surface area contributed by atoms with E-state index in [1.54, 1.807) is 0 Å². The number of piperidine rings is 1. The molecule has 1 aliphatic heterocycles. The quantitative estimate of drug-likeness (QED) is 0.650. The molecule has 6 heteroatoms. The summed E-state index contributed by atoms with van der Waals surface area (Å²) in [4.78, 5) is 28.1. The van der Waals surface area contributed by atoms with Gasteiger partial charge in [0, 0.05) is 30.1 Å². The normalized spacial score (nSPS) is 23.6. The van der Waals surface area contributed by atoms with Gasteiger partial charge in [-0.2, -0.15) is 0 Å². The van der Waals surface area contributed by atoms with Crippen molar-refractivity contribution in [1.29, 1.82) is 0 Å². The molecule has 1 N–H and O–H groups in total. The van der Waals surface area contributed by atoms with Crippen LogP contribution in [0.3, 0.4) is 0 Å². The Labute approximate surface area is 194 Å². The molecular weight excluding hydrogens is 424 g/mol. The summed E-state index contributed by atoms with van der Waals surface area (Å²) < 4.78 is 5.23. The molecule has 2 amide bonds. The lowest BCUT2D eigenvalue weighted by molar-refractivity contribution is -0.136. The van der Waals surface area contributed by atoms with Crippen LogP contribution in [-0.2, 0) is 14.9 Å². The molecule has 0 spiro atoms. The zero-order valence-corrected chi connectivity index (χ0v) is 19.2. The van der Waals surface area contributed by atoms with E-state index in [1.165, 1.54) is 11.1 Å². The SMILES string of the molecule is CCCCOC(=O)NC1CCN(C(=O)[C@]23C[C@H](c4ccccc42)c2ccc(Cl)cc23)CC1. The number of carbonyl (C=O) groups is 2. The maximum Gasteiger partial charge on any atom is 0.407 e. The van der Waals surface area contributed by atoms with Crippen LogP contribution in [0.2, 0.25) is 5.02 Å². The average Bonchev–Trinajstić information content (AvgIpc) is 3.32. The molecule has 0 radical (unpaired) electrons. The topological polar surface area (TPSA) is 58.6 Å². The third-order valence-corrected chi connectivity index (χ3v) is 7.59. The summed E-state index contributed by atoms with van der Waals surface area (Å²) in [7, 11) is 0. The van der Waals surface area contributed by atoms with Crippen molar-refractivity contribution in [3.8, 4) is 0 Å². The van der Waals surface area contributed by atoms with E-state index in [9.17, 15) is 9.59 Å². The number of amides is 2. The molecule has 2 aromatic carbocycles. The third-order valence-electron chi connectivity index (χ3n) is 7.36. The first-order valence-electron chi connectivity index (χ1n) is 11.7. The lowest BCUT2D eigenvalue weighted by atomic mass is 9.74. The molecule has 2 atom stereocenters. The number of carbonyl (C=O) groups excluding carboxylic acids is 2. The molecule has 1 fully saturated rings. The average molecular weight is 453 g/mol. The van der Waals surface area contributed by atoms with Crippen LogP contribution in [0.4, 0.5) is 4.79 Å². The summed E-state index contributed by atoms with van der Waals surface area (Å²) in [5.41, 5.74) is 4.04. The van der Waals surface area contributed by atoms with E-state index < -0.39 is 5.41 Å². The summed E-state index contributed by atoms with van der Waals surface area (Å²) in [6.07, 6.45) is 3.76. The Morgan fingerprint density at radius 2 is 1.88 bits per heavy atom. The predicted octanol–water partition coefficient (Wildman–Crippen LogP) is 4.99.